The van der Waals surface area contributed by atoms with Crippen molar-refractivity contribution in [1.29, 1.82) is 0 Å². The predicted molar refractivity (Wildman–Crippen MR) is 176 cm³/mol. The van der Waals surface area contributed by atoms with Crippen LogP contribution in [-0.4, -0.2) is 34.1 Å². The largest absolute Gasteiger partial charge is 0.507 e. The summed E-state index contributed by atoms with van der Waals surface area (Å²) in [5.41, 5.74) is 2.55. The van der Waals surface area contributed by atoms with Gasteiger partial charge >= 0.3 is 5.91 Å². The highest BCUT2D eigenvalue weighted by atomic mass is 32.2. The fraction of sp³-hybridized carbons (Fsp3) is 0.200. The normalized spacial score (nSPS) is 16.5. The molecule has 5 aromatic rings. The number of halogens is 1. The Bertz CT molecular complexity index is 1960. The molecular weight excluding hydrogens is 610 g/mol. The Kier molecular flexibility index (Phi) is 8.20. The van der Waals surface area contributed by atoms with Crippen LogP contribution in [0.5, 0.6) is 5.75 Å². The number of thioether (sulfide) groups is 1. The summed E-state index contributed by atoms with van der Waals surface area (Å²) < 4.78 is 20.3. The Balaban J connectivity index is 1.39. The number of aromatic nitrogens is 2. The van der Waals surface area contributed by atoms with Crippen molar-refractivity contribution < 1.29 is 23.8 Å². The van der Waals surface area contributed by atoms with Crippen LogP contribution in [-0.2, 0) is 20.8 Å². The van der Waals surface area contributed by atoms with E-state index in [1.54, 1.807) is 0 Å². The van der Waals surface area contributed by atoms with Gasteiger partial charge in [-0.3, -0.25) is 14.5 Å². The number of anilines is 1. The topological polar surface area (TPSA) is 92.6 Å². The number of amides is 1. The van der Waals surface area contributed by atoms with Gasteiger partial charge in [-0.25, -0.2) is 4.39 Å². The Morgan fingerprint density at radius 2 is 1.73 bits per heavy atom. The average Bonchev–Trinajstić information content (AvgIpc) is 3.60. The smallest absolute Gasteiger partial charge is 0.301 e. The van der Waals surface area contributed by atoms with Gasteiger partial charge in [0.2, 0.25) is 5.13 Å². The van der Waals surface area contributed by atoms with E-state index in [4.69, 9.17) is 4.74 Å². The van der Waals surface area contributed by atoms with Crippen LogP contribution < -0.4 is 9.64 Å². The molecule has 10 heteroatoms. The maximum atomic E-state index is 14.6. The number of nitrogens with zero attached hydrogens (tertiary/aromatic N) is 3. The first-order valence-corrected chi connectivity index (χ1v) is 16.1. The number of aliphatic hydroxyl groups excluding tert-OH is 1. The van der Waals surface area contributed by atoms with Crippen molar-refractivity contribution in [3.05, 3.63) is 119 Å². The molecule has 45 heavy (non-hydrogen) atoms. The van der Waals surface area contributed by atoms with E-state index in [0.717, 1.165) is 28.0 Å². The maximum absolute atomic E-state index is 14.6. The van der Waals surface area contributed by atoms with Crippen molar-refractivity contribution in [1.82, 2.24) is 10.2 Å². The molecule has 0 spiro atoms. The van der Waals surface area contributed by atoms with Gasteiger partial charge in [-0.15, -0.1) is 10.2 Å². The molecule has 0 radical (unpaired) electrons. The van der Waals surface area contributed by atoms with Gasteiger partial charge in [-0.05, 0) is 51.1 Å². The third-order valence-electron chi connectivity index (χ3n) is 7.80. The molecule has 0 unspecified atom stereocenters. The van der Waals surface area contributed by atoms with Crippen LogP contribution in [0.1, 0.15) is 49.1 Å². The molecule has 0 aliphatic carbocycles. The minimum Gasteiger partial charge on any atom is -0.507 e. The Hall–Kier alpha value is -4.54. The quantitative estimate of drug-likeness (QED) is 0.0633. The Labute approximate surface area is 268 Å². The second kappa shape index (κ2) is 12.1. The fourth-order valence-electron chi connectivity index (χ4n) is 5.40. The third kappa shape index (κ3) is 5.83. The van der Waals surface area contributed by atoms with Gasteiger partial charge in [0.15, 0.2) is 15.9 Å². The first kappa shape index (κ1) is 30.5. The van der Waals surface area contributed by atoms with Gasteiger partial charge in [-0.2, -0.15) is 0 Å². The number of benzene rings is 4. The number of ether oxygens (including phenoxy) is 1. The number of Topliss-reactive ketones (excluding diaryl/α,β-unsaturated/α-hetero) is 1. The molecule has 1 aromatic heterocycles. The van der Waals surface area contributed by atoms with Gasteiger partial charge in [-0.1, -0.05) is 111 Å². The average molecular weight is 640 g/mol. The molecule has 1 amide bonds. The van der Waals surface area contributed by atoms with Crippen LogP contribution in [0.25, 0.3) is 16.5 Å². The number of rotatable bonds is 7. The zero-order valence-electron chi connectivity index (χ0n) is 25.1. The first-order chi connectivity index (χ1) is 21.6. The summed E-state index contributed by atoms with van der Waals surface area (Å²) >= 11 is 2.68. The summed E-state index contributed by atoms with van der Waals surface area (Å²) in [6, 6.07) is 24.7. The number of methoxy groups -OCH3 is 1. The highest BCUT2D eigenvalue weighted by Crippen LogP contribution is 2.44. The summed E-state index contributed by atoms with van der Waals surface area (Å²) in [6.45, 7) is 6.26. The van der Waals surface area contributed by atoms with E-state index >= 15 is 0 Å². The van der Waals surface area contributed by atoms with Crippen molar-refractivity contribution in [2.45, 2.75) is 42.3 Å². The molecule has 1 saturated heterocycles. The van der Waals surface area contributed by atoms with Crippen molar-refractivity contribution in [3.63, 3.8) is 0 Å². The molecule has 0 bridgehead atoms. The number of fused-ring (bicyclic) bond motifs is 1. The number of carbonyl (C=O) groups excluding carboxylic acids is 2. The number of hydrogen-bond donors (Lipinski definition) is 1. The highest BCUT2D eigenvalue weighted by Gasteiger charge is 2.48. The summed E-state index contributed by atoms with van der Waals surface area (Å²) in [7, 11) is 1.33. The van der Waals surface area contributed by atoms with E-state index in [-0.39, 0.29) is 27.4 Å². The second-order valence-electron chi connectivity index (χ2n) is 11.7. The summed E-state index contributed by atoms with van der Waals surface area (Å²) in [5, 5.41) is 22.6. The van der Waals surface area contributed by atoms with Crippen LogP contribution in [0.15, 0.2) is 94.8 Å². The van der Waals surface area contributed by atoms with E-state index in [0.29, 0.717) is 15.7 Å². The number of hydrogen-bond acceptors (Lipinski definition) is 8. The van der Waals surface area contributed by atoms with Gasteiger partial charge in [0.25, 0.3) is 5.78 Å². The van der Waals surface area contributed by atoms with Crippen LogP contribution >= 0.6 is 23.1 Å². The molecule has 6 rings (SSSR count). The molecule has 1 aliphatic heterocycles. The second-order valence-corrected chi connectivity index (χ2v) is 13.8. The monoisotopic (exact) mass is 639 g/mol. The van der Waals surface area contributed by atoms with E-state index in [9.17, 15) is 19.1 Å². The van der Waals surface area contributed by atoms with Crippen molar-refractivity contribution in [2.75, 3.05) is 12.0 Å². The minimum atomic E-state index is -1.01. The Morgan fingerprint density at radius 1 is 1.00 bits per heavy atom. The lowest BCUT2D eigenvalue weighted by atomic mass is 9.85. The van der Waals surface area contributed by atoms with Crippen LogP contribution in [0, 0.1) is 5.82 Å². The van der Waals surface area contributed by atoms with Gasteiger partial charge in [0.05, 0.1) is 18.7 Å². The van der Waals surface area contributed by atoms with Crippen molar-refractivity contribution >= 4 is 56.5 Å². The number of ketones is 1. The SMILES string of the molecule is COc1ccc(C(O)=C2C(=O)C(=O)N(c3nnc(SCc4cccc5ccccc45)s3)[C@H]2c2ccc(C(C)(C)C)cc2)cc1F. The molecule has 228 valence electrons. The third-order valence-corrected chi connectivity index (χ3v) is 9.90. The van der Waals surface area contributed by atoms with E-state index in [1.165, 1.54) is 47.2 Å². The lowest BCUT2D eigenvalue weighted by molar-refractivity contribution is -0.132. The zero-order valence-corrected chi connectivity index (χ0v) is 26.7. The minimum absolute atomic E-state index is 0.0105. The summed E-state index contributed by atoms with van der Waals surface area (Å²) in [4.78, 5) is 28.5. The van der Waals surface area contributed by atoms with Crippen molar-refractivity contribution in [3.8, 4) is 5.75 Å². The molecular formula is C35H30FN3O4S2. The van der Waals surface area contributed by atoms with E-state index in [1.807, 2.05) is 42.5 Å². The lowest BCUT2D eigenvalue weighted by Crippen LogP contribution is -2.29. The molecule has 2 heterocycles. The molecule has 1 fully saturated rings. The molecule has 7 nitrogen and oxygen atoms in total. The van der Waals surface area contributed by atoms with Gasteiger partial charge < -0.3 is 9.84 Å². The van der Waals surface area contributed by atoms with Crippen molar-refractivity contribution in [2.24, 2.45) is 0 Å². The molecule has 1 N–H and O–H groups in total. The molecule has 1 atom stereocenters. The first-order valence-electron chi connectivity index (χ1n) is 14.2. The van der Waals surface area contributed by atoms with Crippen LogP contribution in [0.3, 0.4) is 0 Å². The summed E-state index contributed by atoms with van der Waals surface area (Å²) in [6.07, 6.45) is 0. The summed E-state index contributed by atoms with van der Waals surface area (Å²) in [5.74, 6) is -2.32. The standard InChI is InChI=1S/C35H30FN3O4S2/c1-35(2,3)24-15-12-21(13-16-24)29-28(30(40)22-14-17-27(43-4)26(36)18-22)31(41)32(42)39(29)33-37-38-34(45-33)44-19-23-10-7-9-20-8-5-6-11-25(20)23/h5-18,29,40H,19H2,1-4H3/t29-/m0/s1. The Morgan fingerprint density at radius 3 is 2.44 bits per heavy atom. The predicted octanol–water partition coefficient (Wildman–Crippen LogP) is 8.06. The number of carbonyl (C=O) groups is 2. The van der Waals surface area contributed by atoms with E-state index in [2.05, 4.69) is 55.2 Å². The van der Waals surface area contributed by atoms with Gasteiger partial charge in [0.1, 0.15) is 5.76 Å². The highest BCUT2D eigenvalue weighted by molar-refractivity contribution is 8.00. The lowest BCUT2D eigenvalue weighted by Gasteiger charge is -2.24. The molecule has 0 saturated carbocycles. The van der Waals surface area contributed by atoms with Gasteiger partial charge in [0, 0.05) is 11.3 Å². The van der Waals surface area contributed by atoms with Crippen LogP contribution in [0.4, 0.5) is 9.52 Å². The molecule has 1 aliphatic rings. The van der Waals surface area contributed by atoms with Crippen LogP contribution in [0.2, 0.25) is 0 Å². The molecule has 4 aromatic carbocycles. The number of aliphatic hydroxyl groups is 1. The van der Waals surface area contributed by atoms with E-state index < -0.39 is 29.3 Å². The maximum Gasteiger partial charge on any atom is 0.301 e. The zero-order chi connectivity index (χ0) is 31.9. The fourth-order valence-corrected chi connectivity index (χ4v) is 7.27.